The third-order valence-electron chi connectivity index (χ3n) is 5.15. The van der Waals surface area contributed by atoms with Crippen LogP contribution in [0.5, 0.6) is 5.75 Å². The third kappa shape index (κ3) is 4.05. The zero-order valence-electron chi connectivity index (χ0n) is 17.8. The number of rotatable bonds is 7. The fourth-order valence-electron chi connectivity index (χ4n) is 3.68. The molecule has 1 saturated heterocycles. The van der Waals surface area contributed by atoms with Gasteiger partial charge < -0.3 is 9.47 Å². The highest BCUT2D eigenvalue weighted by Gasteiger charge is 2.53. The van der Waals surface area contributed by atoms with Crippen LogP contribution in [0.15, 0.2) is 42.6 Å². The Morgan fingerprint density at radius 1 is 1.13 bits per heavy atom. The van der Waals surface area contributed by atoms with Crippen LogP contribution in [-0.4, -0.2) is 42.1 Å². The van der Waals surface area contributed by atoms with Gasteiger partial charge in [-0.2, -0.15) is 0 Å². The number of amides is 1. The second kappa shape index (κ2) is 9.07. The van der Waals surface area contributed by atoms with Crippen LogP contribution >= 0.6 is 0 Å². The number of methoxy groups -OCH3 is 1. The standard InChI is InChI=1S/C23H24N2O6/c1-5-31-23(29)16-11-10-14(12-24-16)25-19(15-8-6-7-9-17(15)30-4)18(20(26)13(2)3)21(27)22(25)28/h6-13,18-19H,5H2,1-4H3. The molecule has 1 aromatic heterocycles. The molecular weight excluding hydrogens is 400 g/mol. The van der Waals surface area contributed by atoms with E-state index < -0.39 is 35.5 Å². The number of pyridine rings is 1. The van der Waals surface area contributed by atoms with E-state index in [9.17, 15) is 19.2 Å². The molecule has 1 aliphatic heterocycles. The van der Waals surface area contributed by atoms with E-state index in [-0.39, 0.29) is 18.1 Å². The average molecular weight is 424 g/mol. The Morgan fingerprint density at radius 3 is 2.42 bits per heavy atom. The molecule has 8 heteroatoms. The van der Waals surface area contributed by atoms with Crippen molar-refractivity contribution in [2.24, 2.45) is 11.8 Å². The van der Waals surface area contributed by atoms with Crippen LogP contribution in [0.3, 0.4) is 0 Å². The van der Waals surface area contributed by atoms with E-state index in [2.05, 4.69) is 4.98 Å². The van der Waals surface area contributed by atoms with Gasteiger partial charge >= 0.3 is 5.97 Å². The second-order valence-corrected chi connectivity index (χ2v) is 7.38. The van der Waals surface area contributed by atoms with E-state index in [4.69, 9.17) is 9.47 Å². The van der Waals surface area contributed by atoms with Crippen LogP contribution in [0.25, 0.3) is 0 Å². The minimum absolute atomic E-state index is 0.0761. The van der Waals surface area contributed by atoms with Crippen molar-refractivity contribution in [2.75, 3.05) is 18.6 Å². The molecule has 0 bridgehead atoms. The summed E-state index contributed by atoms with van der Waals surface area (Å²) in [5, 5.41) is 0. The maximum Gasteiger partial charge on any atom is 0.356 e. The monoisotopic (exact) mass is 424 g/mol. The lowest BCUT2D eigenvalue weighted by atomic mass is 9.84. The highest BCUT2D eigenvalue weighted by Crippen LogP contribution is 2.43. The van der Waals surface area contributed by atoms with E-state index in [0.29, 0.717) is 17.0 Å². The molecule has 8 nitrogen and oxygen atoms in total. The molecule has 3 rings (SSSR count). The van der Waals surface area contributed by atoms with Crippen LogP contribution in [0.4, 0.5) is 5.69 Å². The molecule has 0 aliphatic carbocycles. The summed E-state index contributed by atoms with van der Waals surface area (Å²) in [7, 11) is 1.48. The molecule has 0 N–H and O–H groups in total. The SMILES string of the molecule is CCOC(=O)c1ccc(N2C(=O)C(=O)C(C(=O)C(C)C)C2c2ccccc2OC)cn1. The van der Waals surface area contributed by atoms with E-state index >= 15 is 0 Å². The molecule has 0 spiro atoms. The summed E-state index contributed by atoms with van der Waals surface area (Å²) in [5.41, 5.74) is 0.909. The molecular formula is C23H24N2O6. The van der Waals surface area contributed by atoms with Gasteiger partial charge in [0.25, 0.3) is 5.91 Å². The van der Waals surface area contributed by atoms with Crippen molar-refractivity contribution in [2.45, 2.75) is 26.8 Å². The van der Waals surface area contributed by atoms with Crippen LogP contribution in [-0.2, 0) is 19.1 Å². The van der Waals surface area contributed by atoms with Gasteiger partial charge in [0.05, 0.1) is 31.6 Å². The quantitative estimate of drug-likeness (QED) is 0.382. The largest absolute Gasteiger partial charge is 0.496 e. The molecule has 1 aliphatic rings. The number of nitrogens with zero attached hydrogens (tertiary/aromatic N) is 2. The number of esters is 1. The molecule has 162 valence electrons. The summed E-state index contributed by atoms with van der Waals surface area (Å²) in [6, 6.07) is 8.99. The number of para-hydroxylation sites is 1. The van der Waals surface area contributed by atoms with Crippen molar-refractivity contribution in [3.8, 4) is 5.75 Å². The van der Waals surface area contributed by atoms with Crippen molar-refractivity contribution < 1.29 is 28.7 Å². The molecule has 0 saturated carbocycles. The Kier molecular flexibility index (Phi) is 6.48. The van der Waals surface area contributed by atoms with E-state index in [1.54, 1.807) is 45.0 Å². The van der Waals surface area contributed by atoms with Gasteiger partial charge in [-0.25, -0.2) is 9.78 Å². The zero-order chi connectivity index (χ0) is 22.7. The highest BCUT2D eigenvalue weighted by atomic mass is 16.5. The van der Waals surface area contributed by atoms with Crippen LogP contribution < -0.4 is 9.64 Å². The Bertz CT molecular complexity index is 1010. The number of carbonyl (C=O) groups excluding carboxylic acids is 4. The fraction of sp³-hybridized carbons (Fsp3) is 0.348. The molecule has 1 aromatic carbocycles. The first-order chi connectivity index (χ1) is 14.8. The predicted molar refractivity (Wildman–Crippen MR) is 112 cm³/mol. The normalized spacial score (nSPS) is 18.4. The van der Waals surface area contributed by atoms with Gasteiger partial charge in [-0.3, -0.25) is 19.3 Å². The molecule has 2 heterocycles. The molecule has 2 atom stereocenters. The Balaban J connectivity index is 2.12. The second-order valence-electron chi connectivity index (χ2n) is 7.38. The summed E-state index contributed by atoms with van der Waals surface area (Å²) in [5.74, 6) is -3.65. The van der Waals surface area contributed by atoms with E-state index in [1.165, 1.54) is 30.3 Å². The van der Waals surface area contributed by atoms with Crippen molar-refractivity contribution in [3.63, 3.8) is 0 Å². The topological polar surface area (TPSA) is 103 Å². The Labute approximate surface area is 180 Å². The first kappa shape index (κ1) is 22.1. The number of anilines is 1. The third-order valence-corrected chi connectivity index (χ3v) is 5.15. The first-order valence-corrected chi connectivity index (χ1v) is 9.99. The maximum atomic E-state index is 13.0. The number of Topliss-reactive ketones (excluding diaryl/α,β-unsaturated/α-hetero) is 2. The van der Waals surface area contributed by atoms with Gasteiger partial charge in [-0.05, 0) is 25.1 Å². The van der Waals surface area contributed by atoms with Gasteiger partial charge in [-0.1, -0.05) is 32.0 Å². The Hall–Kier alpha value is -3.55. The van der Waals surface area contributed by atoms with Crippen molar-refractivity contribution in [1.82, 2.24) is 4.98 Å². The lowest BCUT2D eigenvalue weighted by Gasteiger charge is -2.28. The summed E-state index contributed by atoms with van der Waals surface area (Å²) in [4.78, 5) is 56.1. The molecule has 2 unspecified atom stereocenters. The smallest absolute Gasteiger partial charge is 0.356 e. The van der Waals surface area contributed by atoms with E-state index in [0.717, 1.165) is 0 Å². The van der Waals surface area contributed by atoms with Gasteiger partial charge in [0, 0.05) is 11.5 Å². The zero-order valence-corrected chi connectivity index (χ0v) is 17.8. The number of benzene rings is 1. The van der Waals surface area contributed by atoms with Crippen molar-refractivity contribution in [3.05, 3.63) is 53.9 Å². The van der Waals surface area contributed by atoms with Crippen LogP contribution in [0.2, 0.25) is 0 Å². The van der Waals surface area contributed by atoms with Gasteiger partial charge in [0.15, 0.2) is 0 Å². The number of hydrogen-bond donors (Lipinski definition) is 0. The summed E-state index contributed by atoms with van der Waals surface area (Å²) in [6.07, 6.45) is 1.32. The maximum absolute atomic E-state index is 13.0. The lowest BCUT2D eigenvalue weighted by Crippen LogP contribution is -2.32. The number of ketones is 2. The summed E-state index contributed by atoms with van der Waals surface area (Å²) >= 11 is 0. The summed E-state index contributed by atoms with van der Waals surface area (Å²) < 4.78 is 10.4. The predicted octanol–water partition coefficient (Wildman–Crippen LogP) is 2.77. The molecule has 31 heavy (non-hydrogen) atoms. The number of aromatic nitrogens is 1. The number of ether oxygens (including phenoxy) is 2. The molecule has 0 radical (unpaired) electrons. The fourth-order valence-corrected chi connectivity index (χ4v) is 3.68. The lowest BCUT2D eigenvalue weighted by molar-refractivity contribution is -0.139. The van der Waals surface area contributed by atoms with Gasteiger partial charge in [-0.15, -0.1) is 0 Å². The minimum Gasteiger partial charge on any atom is -0.496 e. The molecule has 1 fully saturated rings. The number of carbonyl (C=O) groups is 4. The van der Waals surface area contributed by atoms with Gasteiger partial charge in [0.1, 0.15) is 23.1 Å². The average Bonchev–Trinajstić information content (AvgIpc) is 3.03. The minimum atomic E-state index is -1.17. The molecule has 1 amide bonds. The first-order valence-electron chi connectivity index (χ1n) is 9.99. The van der Waals surface area contributed by atoms with E-state index in [1.807, 2.05) is 0 Å². The van der Waals surface area contributed by atoms with Crippen molar-refractivity contribution >= 4 is 29.1 Å². The van der Waals surface area contributed by atoms with Crippen molar-refractivity contribution in [1.29, 1.82) is 0 Å². The van der Waals surface area contributed by atoms with Crippen LogP contribution in [0, 0.1) is 11.8 Å². The molecule has 2 aromatic rings. The van der Waals surface area contributed by atoms with Gasteiger partial charge in [0.2, 0.25) is 5.78 Å². The number of hydrogen-bond acceptors (Lipinski definition) is 7. The summed E-state index contributed by atoms with van der Waals surface area (Å²) in [6.45, 7) is 5.27. The van der Waals surface area contributed by atoms with Crippen LogP contribution in [0.1, 0.15) is 42.9 Å². The highest BCUT2D eigenvalue weighted by molar-refractivity contribution is 6.48. The Morgan fingerprint density at radius 2 is 1.84 bits per heavy atom.